The molecule has 1 saturated heterocycles. The van der Waals surface area contributed by atoms with Gasteiger partial charge in [0.05, 0.1) is 18.6 Å². The predicted molar refractivity (Wildman–Crippen MR) is 98.8 cm³/mol. The second-order valence-electron chi connectivity index (χ2n) is 5.81. The molecule has 0 radical (unpaired) electrons. The SMILES string of the molecule is CCOC(=O)N1CCN(C(=O)CN(c2ccc(Cl)cc2)S(C)(=O)=O)CC1. The molecule has 1 aromatic carbocycles. The van der Waals surface area contributed by atoms with E-state index in [1.54, 1.807) is 36.1 Å². The van der Waals surface area contributed by atoms with E-state index in [0.29, 0.717) is 43.5 Å². The van der Waals surface area contributed by atoms with Gasteiger partial charge in [-0.25, -0.2) is 13.2 Å². The van der Waals surface area contributed by atoms with E-state index in [0.717, 1.165) is 10.6 Å². The van der Waals surface area contributed by atoms with Crippen LogP contribution in [0, 0.1) is 0 Å². The molecule has 144 valence electrons. The van der Waals surface area contributed by atoms with Crippen LogP contribution in [0.1, 0.15) is 6.92 Å². The molecule has 1 aliphatic rings. The summed E-state index contributed by atoms with van der Waals surface area (Å²) in [6.45, 7) is 3.08. The quantitative estimate of drug-likeness (QED) is 0.741. The fourth-order valence-electron chi connectivity index (χ4n) is 2.58. The Kier molecular flexibility index (Phi) is 6.71. The molecule has 1 aromatic rings. The highest BCUT2D eigenvalue weighted by Crippen LogP contribution is 2.20. The van der Waals surface area contributed by atoms with Gasteiger partial charge < -0.3 is 14.5 Å². The summed E-state index contributed by atoms with van der Waals surface area (Å²) in [5, 5.41) is 0.476. The van der Waals surface area contributed by atoms with Crippen LogP contribution in [0.2, 0.25) is 5.02 Å². The minimum Gasteiger partial charge on any atom is -0.450 e. The molecule has 1 fully saturated rings. The van der Waals surface area contributed by atoms with Crippen molar-refractivity contribution >= 4 is 39.3 Å². The molecule has 2 amide bonds. The number of sulfonamides is 1. The van der Waals surface area contributed by atoms with Gasteiger partial charge in [-0.3, -0.25) is 9.10 Å². The number of carbonyl (C=O) groups is 2. The maximum absolute atomic E-state index is 12.6. The van der Waals surface area contributed by atoms with Gasteiger partial charge in [-0.15, -0.1) is 0 Å². The van der Waals surface area contributed by atoms with Crippen molar-refractivity contribution in [3.63, 3.8) is 0 Å². The van der Waals surface area contributed by atoms with Gasteiger partial charge in [0.15, 0.2) is 0 Å². The fourth-order valence-corrected chi connectivity index (χ4v) is 3.56. The van der Waals surface area contributed by atoms with E-state index in [1.165, 1.54) is 4.90 Å². The van der Waals surface area contributed by atoms with Crippen LogP contribution >= 0.6 is 11.6 Å². The smallest absolute Gasteiger partial charge is 0.409 e. The van der Waals surface area contributed by atoms with Gasteiger partial charge in [0, 0.05) is 31.2 Å². The molecule has 1 heterocycles. The Morgan fingerprint density at radius 1 is 1.12 bits per heavy atom. The first-order valence-electron chi connectivity index (χ1n) is 8.15. The molecule has 0 aromatic heterocycles. The largest absolute Gasteiger partial charge is 0.450 e. The lowest BCUT2D eigenvalue weighted by molar-refractivity contribution is -0.131. The molecular formula is C16H22ClN3O5S. The van der Waals surface area contributed by atoms with Crippen molar-refractivity contribution in [2.75, 3.05) is 49.9 Å². The van der Waals surface area contributed by atoms with Gasteiger partial charge in [-0.1, -0.05) is 11.6 Å². The molecule has 0 aliphatic carbocycles. The second kappa shape index (κ2) is 8.59. The van der Waals surface area contributed by atoms with Crippen LogP contribution in [0.15, 0.2) is 24.3 Å². The number of hydrogen-bond acceptors (Lipinski definition) is 5. The van der Waals surface area contributed by atoms with E-state index >= 15 is 0 Å². The maximum atomic E-state index is 12.6. The van der Waals surface area contributed by atoms with Crippen LogP contribution in [0.25, 0.3) is 0 Å². The van der Waals surface area contributed by atoms with Gasteiger partial charge in [-0.2, -0.15) is 0 Å². The first-order chi connectivity index (χ1) is 12.2. The molecule has 0 spiro atoms. The zero-order valence-electron chi connectivity index (χ0n) is 14.7. The van der Waals surface area contributed by atoms with Crippen LogP contribution < -0.4 is 4.31 Å². The molecule has 0 saturated carbocycles. The van der Waals surface area contributed by atoms with E-state index in [1.807, 2.05) is 0 Å². The third kappa shape index (κ3) is 5.25. The Bertz CT molecular complexity index is 746. The minimum atomic E-state index is -3.64. The molecule has 8 nitrogen and oxygen atoms in total. The predicted octanol–water partition coefficient (Wildman–Crippen LogP) is 1.41. The number of piperazine rings is 1. The number of hydrogen-bond donors (Lipinski definition) is 0. The highest BCUT2D eigenvalue weighted by atomic mass is 35.5. The number of ether oxygens (including phenoxy) is 1. The van der Waals surface area contributed by atoms with Gasteiger partial charge in [0.2, 0.25) is 15.9 Å². The van der Waals surface area contributed by atoms with Gasteiger partial charge in [-0.05, 0) is 31.2 Å². The number of carbonyl (C=O) groups excluding carboxylic acids is 2. The molecule has 1 aliphatic heterocycles. The number of benzene rings is 1. The maximum Gasteiger partial charge on any atom is 0.409 e. The van der Waals surface area contributed by atoms with Crippen LogP contribution in [-0.4, -0.2) is 75.8 Å². The molecule has 0 bridgehead atoms. The standard InChI is InChI=1S/C16H22ClN3O5S/c1-3-25-16(22)19-10-8-18(9-11-19)15(21)12-20(26(2,23)24)14-6-4-13(17)5-7-14/h4-7H,3,8-12H2,1-2H3. The van der Waals surface area contributed by atoms with Gasteiger partial charge >= 0.3 is 6.09 Å². The molecule has 10 heteroatoms. The lowest BCUT2D eigenvalue weighted by atomic mass is 10.3. The summed E-state index contributed by atoms with van der Waals surface area (Å²) in [6, 6.07) is 6.24. The van der Waals surface area contributed by atoms with Gasteiger partial charge in [0.25, 0.3) is 0 Å². The van der Waals surface area contributed by atoms with E-state index in [2.05, 4.69) is 0 Å². The average molecular weight is 404 g/mol. The summed E-state index contributed by atoms with van der Waals surface area (Å²) in [5.41, 5.74) is 0.371. The summed E-state index contributed by atoms with van der Waals surface area (Å²) in [4.78, 5) is 27.3. The zero-order valence-corrected chi connectivity index (χ0v) is 16.3. The summed E-state index contributed by atoms with van der Waals surface area (Å²) in [5.74, 6) is -0.325. The van der Waals surface area contributed by atoms with Crippen LogP contribution in [0.3, 0.4) is 0 Å². The highest BCUT2D eigenvalue weighted by molar-refractivity contribution is 7.92. The molecule has 0 N–H and O–H groups in total. The van der Waals surface area contributed by atoms with Crippen molar-refractivity contribution in [3.8, 4) is 0 Å². The van der Waals surface area contributed by atoms with E-state index < -0.39 is 16.1 Å². The third-order valence-electron chi connectivity index (χ3n) is 3.95. The number of anilines is 1. The van der Waals surface area contributed by atoms with Crippen molar-refractivity contribution in [2.24, 2.45) is 0 Å². The van der Waals surface area contributed by atoms with Crippen molar-refractivity contribution in [2.45, 2.75) is 6.92 Å². The van der Waals surface area contributed by atoms with Crippen LogP contribution in [-0.2, 0) is 19.6 Å². The van der Waals surface area contributed by atoms with Crippen molar-refractivity contribution in [1.29, 1.82) is 0 Å². The Hall–Kier alpha value is -2.00. The van der Waals surface area contributed by atoms with Crippen molar-refractivity contribution in [3.05, 3.63) is 29.3 Å². The molecule has 0 unspecified atom stereocenters. The number of rotatable bonds is 5. The lowest BCUT2D eigenvalue weighted by Crippen LogP contribution is -2.53. The monoisotopic (exact) mass is 403 g/mol. The molecule has 0 atom stereocenters. The Morgan fingerprint density at radius 3 is 2.15 bits per heavy atom. The molecule has 2 rings (SSSR count). The topological polar surface area (TPSA) is 87.2 Å². The highest BCUT2D eigenvalue weighted by Gasteiger charge is 2.28. The van der Waals surface area contributed by atoms with Crippen molar-refractivity contribution < 1.29 is 22.7 Å². The Labute approximate surface area is 158 Å². The van der Waals surface area contributed by atoms with E-state index in [9.17, 15) is 18.0 Å². The average Bonchev–Trinajstić information content (AvgIpc) is 2.60. The normalized spacial score (nSPS) is 14.9. The number of nitrogens with zero attached hydrogens (tertiary/aromatic N) is 3. The van der Waals surface area contributed by atoms with E-state index in [-0.39, 0.29) is 12.5 Å². The summed E-state index contributed by atoms with van der Waals surface area (Å²) < 4.78 is 30.2. The third-order valence-corrected chi connectivity index (χ3v) is 5.34. The Morgan fingerprint density at radius 2 is 1.65 bits per heavy atom. The summed E-state index contributed by atoms with van der Waals surface area (Å²) in [7, 11) is -3.64. The van der Waals surface area contributed by atoms with E-state index in [4.69, 9.17) is 16.3 Å². The lowest BCUT2D eigenvalue weighted by Gasteiger charge is -2.35. The summed E-state index contributed by atoms with van der Waals surface area (Å²) in [6.07, 6.45) is 0.645. The molecular weight excluding hydrogens is 382 g/mol. The second-order valence-corrected chi connectivity index (χ2v) is 8.16. The summed E-state index contributed by atoms with van der Waals surface area (Å²) >= 11 is 5.83. The zero-order chi connectivity index (χ0) is 19.3. The first kappa shape index (κ1) is 20.3. The Balaban J connectivity index is 2.02. The minimum absolute atomic E-state index is 0.294. The van der Waals surface area contributed by atoms with Gasteiger partial charge in [0.1, 0.15) is 6.54 Å². The van der Waals surface area contributed by atoms with Crippen LogP contribution in [0.4, 0.5) is 10.5 Å². The fraction of sp³-hybridized carbons (Fsp3) is 0.500. The number of halogens is 1. The first-order valence-corrected chi connectivity index (χ1v) is 10.4. The number of amides is 2. The van der Waals surface area contributed by atoms with Crippen molar-refractivity contribution in [1.82, 2.24) is 9.80 Å². The van der Waals surface area contributed by atoms with Crippen LogP contribution in [0.5, 0.6) is 0 Å². The molecule has 26 heavy (non-hydrogen) atoms.